The summed E-state index contributed by atoms with van der Waals surface area (Å²) in [5.74, 6) is -0.0754. The molecule has 35 heavy (non-hydrogen) atoms. The first-order chi connectivity index (χ1) is 16.9. The minimum atomic E-state index is -4.37. The molecule has 0 radical (unpaired) electrons. The van der Waals surface area contributed by atoms with Crippen LogP contribution in [-0.4, -0.2) is 60.2 Å². The third-order valence-corrected chi connectivity index (χ3v) is 7.66. The van der Waals surface area contributed by atoms with Crippen molar-refractivity contribution in [1.29, 1.82) is 0 Å². The van der Waals surface area contributed by atoms with E-state index in [2.05, 4.69) is 0 Å². The number of hydrogen-bond acceptors (Lipinski definition) is 4. The lowest BCUT2D eigenvalue weighted by Gasteiger charge is -2.40. The first kappa shape index (κ1) is 23.8. The molecular formula is C26H26F3N3O2S. The molecule has 0 saturated carbocycles. The molecule has 2 aliphatic rings. The van der Waals surface area contributed by atoms with Gasteiger partial charge in [0.2, 0.25) is 0 Å². The molecule has 3 aromatic rings. The molecule has 0 aliphatic carbocycles. The number of urea groups is 1. The topological polar surface area (TPSA) is 45.7 Å². The minimum Gasteiger partial charge on any atom is -0.378 e. The maximum absolute atomic E-state index is 13.3. The van der Waals surface area contributed by atoms with Gasteiger partial charge in [0.05, 0.1) is 29.5 Å². The summed E-state index contributed by atoms with van der Waals surface area (Å²) >= 11 is 1.57. The predicted octanol–water partition coefficient (Wildman–Crippen LogP) is 5.85. The number of piperidine rings is 1. The molecule has 2 atom stereocenters. The molecule has 5 nitrogen and oxygen atoms in total. The predicted molar refractivity (Wildman–Crippen MR) is 128 cm³/mol. The fourth-order valence-corrected chi connectivity index (χ4v) is 5.73. The third-order valence-electron chi connectivity index (χ3n) is 6.65. The Kier molecular flexibility index (Phi) is 6.80. The standard InChI is InChI=1S/C26H26F3N3O2S/c27-26(28,29)22-8-6-18(7-9-22)20-14-21(16-32(15-20)25(33)31-10-12-34-13-11-31)24-30-23(17-35-24)19-4-2-1-3-5-19/h1-9,17,20-21H,10-16H2. The van der Waals surface area contributed by atoms with Gasteiger partial charge in [-0.05, 0) is 24.1 Å². The molecule has 2 amide bonds. The molecule has 5 rings (SSSR count). The summed E-state index contributed by atoms with van der Waals surface area (Å²) in [5.41, 5.74) is 2.07. The Bertz CT molecular complexity index is 1140. The molecule has 184 valence electrons. The van der Waals surface area contributed by atoms with E-state index in [1.165, 1.54) is 0 Å². The largest absolute Gasteiger partial charge is 0.416 e. The highest BCUT2D eigenvalue weighted by Gasteiger charge is 2.36. The zero-order valence-corrected chi connectivity index (χ0v) is 19.9. The number of hydrogen-bond donors (Lipinski definition) is 0. The molecular weight excluding hydrogens is 475 g/mol. The quantitative estimate of drug-likeness (QED) is 0.452. The van der Waals surface area contributed by atoms with Crippen molar-refractivity contribution in [3.8, 4) is 11.3 Å². The number of likely N-dealkylation sites (tertiary alicyclic amines) is 1. The van der Waals surface area contributed by atoms with Crippen molar-refractivity contribution in [2.45, 2.75) is 24.4 Å². The van der Waals surface area contributed by atoms with Crippen LogP contribution < -0.4 is 0 Å². The van der Waals surface area contributed by atoms with E-state index >= 15 is 0 Å². The molecule has 2 saturated heterocycles. The third kappa shape index (κ3) is 5.36. The van der Waals surface area contributed by atoms with E-state index in [9.17, 15) is 18.0 Å². The number of amides is 2. The van der Waals surface area contributed by atoms with Crippen molar-refractivity contribution in [3.05, 3.63) is 76.1 Å². The van der Waals surface area contributed by atoms with E-state index in [1.54, 1.807) is 28.4 Å². The van der Waals surface area contributed by atoms with E-state index in [1.807, 2.05) is 40.6 Å². The van der Waals surface area contributed by atoms with Gasteiger partial charge in [-0.1, -0.05) is 42.5 Å². The zero-order valence-electron chi connectivity index (χ0n) is 19.1. The van der Waals surface area contributed by atoms with Crippen LogP contribution in [0.1, 0.15) is 34.4 Å². The molecule has 2 aliphatic heterocycles. The van der Waals surface area contributed by atoms with Gasteiger partial charge in [-0.15, -0.1) is 11.3 Å². The van der Waals surface area contributed by atoms with Gasteiger partial charge in [0.15, 0.2) is 0 Å². The van der Waals surface area contributed by atoms with Gasteiger partial charge in [0.25, 0.3) is 0 Å². The number of rotatable bonds is 3. The van der Waals surface area contributed by atoms with Crippen LogP contribution in [0.3, 0.4) is 0 Å². The first-order valence-electron chi connectivity index (χ1n) is 11.7. The van der Waals surface area contributed by atoms with E-state index in [0.29, 0.717) is 39.4 Å². The van der Waals surface area contributed by atoms with Crippen molar-refractivity contribution < 1.29 is 22.7 Å². The highest BCUT2D eigenvalue weighted by atomic mass is 32.1. The summed E-state index contributed by atoms with van der Waals surface area (Å²) < 4.78 is 44.6. The number of morpholine rings is 1. The van der Waals surface area contributed by atoms with Gasteiger partial charge in [-0.2, -0.15) is 13.2 Å². The molecule has 3 heterocycles. The Balaban J connectivity index is 1.41. The highest BCUT2D eigenvalue weighted by Crippen LogP contribution is 2.39. The fourth-order valence-electron chi connectivity index (χ4n) is 4.79. The molecule has 0 spiro atoms. The SMILES string of the molecule is O=C(N1CCOCC1)N1CC(c2ccc(C(F)(F)F)cc2)CC(c2nc(-c3ccccc3)cs2)C1. The van der Waals surface area contributed by atoms with Crippen molar-refractivity contribution in [2.24, 2.45) is 0 Å². The van der Waals surface area contributed by atoms with Gasteiger partial charge >= 0.3 is 12.2 Å². The van der Waals surface area contributed by atoms with E-state index in [0.717, 1.165) is 40.4 Å². The molecule has 2 fully saturated rings. The minimum absolute atomic E-state index is 0.00324. The second-order valence-corrected chi connectivity index (χ2v) is 9.86. The van der Waals surface area contributed by atoms with Gasteiger partial charge in [-0.25, -0.2) is 9.78 Å². The van der Waals surface area contributed by atoms with Gasteiger partial charge in [0.1, 0.15) is 0 Å². The van der Waals surface area contributed by atoms with Gasteiger partial charge in [0, 0.05) is 49.0 Å². The highest BCUT2D eigenvalue weighted by molar-refractivity contribution is 7.10. The van der Waals surface area contributed by atoms with Crippen LogP contribution in [0.4, 0.5) is 18.0 Å². The molecule has 2 aromatic carbocycles. The second kappa shape index (κ2) is 9.99. The molecule has 9 heteroatoms. The van der Waals surface area contributed by atoms with Crippen LogP contribution >= 0.6 is 11.3 Å². The van der Waals surface area contributed by atoms with Gasteiger partial charge < -0.3 is 14.5 Å². The maximum Gasteiger partial charge on any atom is 0.416 e. The Morgan fingerprint density at radius 3 is 2.31 bits per heavy atom. The summed E-state index contributed by atoms with van der Waals surface area (Å²) in [5, 5.41) is 2.97. The number of aromatic nitrogens is 1. The lowest BCUT2D eigenvalue weighted by molar-refractivity contribution is -0.137. The molecule has 2 unspecified atom stereocenters. The summed E-state index contributed by atoms with van der Waals surface area (Å²) in [7, 11) is 0. The molecule has 0 bridgehead atoms. The first-order valence-corrected chi connectivity index (χ1v) is 12.6. The number of halogens is 3. The number of carbonyl (C=O) groups is 1. The molecule has 1 aromatic heterocycles. The maximum atomic E-state index is 13.3. The van der Waals surface area contributed by atoms with E-state index in [-0.39, 0.29) is 17.9 Å². The smallest absolute Gasteiger partial charge is 0.378 e. The Labute approximate surface area is 206 Å². The van der Waals surface area contributed by atoms with Crippen molar-refractivity contribution in [2.75, 3.05) is 39.4 Å². The average Bonchev–Trinajstić information content (AvgIpc) is 3.39. The van der Waals surface area contributed by atoms with E-state index in [4.69, 9.17) is 9.72 Å². The van der Waals surface area contributed by atoms with Crippen LogP contribution in [0, 0.1) is 0 Å². The van der Waals surface area contributed by atoms with E-state index < -0.39 is 11.7 Å². The Morgan fingerprint density at radius 1 is 0.943 bits per heavy atom. The van der Waals surface area contributed by atoms with Crippen molar-refractivity contribution >= 4 is 17.4 Å². The van der Waals surface area contributed by atoms with Crippen LogP contribution in [0.25, 0.3) is 11.3 Å². The Hall–Kier alpha value is -2.91. The number of ether oxygens (including phenoxy) is 1. The van der Waals surface area contributed by atoms with Gasteiger partial charge in [-0.3, -0.25) is 0 Å². The number of thiazole rings is 1. The van der Waals surface area contributed by atoms with Crippen molar-refractivity contribution in [1.82, 2.24) is 14.8 Å². The lowest BCUT2D eigenvalue weighted by Crippen LogP contribution is -2.52. The van der Waals surface area contributed by atoms with Crippen molar-refractivity contribution in [3.63, 3.8) is 0 Å². The number of benzene rings is 2. The Morgan fingerprint density at radius 2 is 1.63 bits per heavy atom. The van der Waals surface area contributed by atoms with Crippen LogP contribution in [-0.2, 0) is 10.9 Å². The van der Waals surface area contributed by atoms with Crippen LogP contribution in [0.15, 0.2) is 60.0 Å². The lowest BCUT2D eigenvalue weighted by atomic mass is 9.84. The van der Waals surface area contributed by atoms with Crippen LogP contribution in [0.2, 0.25) is 0 Å². The summed E-state index contributed by atoms with van der Waals surface area (Å²) in [6.45, 7) is 3.11. The fraction of sp³-hybridized carbons (Fsp3) is 0.385. The monoisotopic (exact) mass is 501 g/mol. The summed E-state index contributed by atoms with van der Waals surface area (Å²) in [6.07, 6.45) is -3.65. The molecule has 0 N–H and O–H groups in total. The number of carbonyl (C=O) groups excluding carboxylic acids is 1. The number of alkyl halides is 3. The summed E-state index contributed by atoms with van der Waals surface area (Å²) in [4.78, 5) is 21.9. The zero-order chi connectivity index (χ0) is 24.4. The summed E-state index contributed by atoms with van der Waals surface area (Å²) in [6, 6.07) is 15.2. The second-order valence-electron chi connectivity index (χ2n) is 8.97. The van der Waals surface area contributed by atoms with Crippen LogP contribution in [0.5, 0.6) is 0 Å². The normalized spacial score (nSPS) is 21.2. The number of nitrogens with zero attached hydrogens (tertiary/aromatic N) is 3. The average molecular weight is 502 g/mol.